The normalized spacial score (nSPS) is 18.9. The standard InChI is InChI=1S/C13H16F2N2O.ClH/c1-9-8-16-4-5-17(9)13(18)7-10-6-11(14)2-3-12(10)15;/h2-3,6,9,16H,4-5,7-8H2,1H3;1H/t9-;/m1./s1. The van der Waals surface area contributed by atoms with Crippen molar-refractivity contribution >= 4 is 18.3 Å². The highest BCUT2D eigenvalue weighted by Crippen LogP contribution is 2.13. The predicted molar refractivity (Wildman–Crippen MR) is 71.4 cm³/mol. The fourth-order valence-corrected chi connectivity index (χ4v) is 2.15. The number of hydrogen-bond donors (Lipinski definition) is 1. The third-order valence-corrected chi connectivity index (χ3v) is 3.17. The molecule has 0 aliphatic carbocycles. The van der Waals surface area contributed by atoms with Crippen LogP contribution in [0.4, 0.5) is 8.78 Å². The summed E-state index contributed by atoms with van der Waals surface area (Å²) in [5.74, 6) is -1.21. The lowest BCUT2D eigenvalue weighted by atomic mass is 10.1. The van der Waals surface area contributed by atoms with Crippen LogP contribution >= 0.6 is 12.4 Å². The van der Waals surface area contributed by atoms with Crippen LogP contribution in [0.1, 0.15) is 12.5 Å². The van der Waals surface area contributed by atoms with E-state index in [0.29, 0.717) is 6.54 Å². The van der Waals surface area contributed by atoms with Crippen LogP contribution in [0.15, 0.2) is 18.2 Å². The van der Waals surface area contributed by atoms with Crippen LogP contribution in [0.5, 0.6) is 0 Å². The van der Waals surface area contributed by atoms with Gasteiger partial charge in [-0.05, 0) is 25.1 Å². The highest BCUT2D eigenvalue weighted by atomic mass is 35.5. The van der Waals surface area contributed by atoms with E-state index in [1.54, 1.807) is 4.90 Å². The van der Waals surface area contributed by atoms with E-state index in [4.69, 9.17) is 0 Å². The number of piperazine rings is 1. The summed E-state index contributed by atoms with van der Waals surface area (Å²) in [6, 6.07) is 3.28. The predicted octanol–water partition coefficient (Wildman–Crippen LogP) is 1.75. The molecule has 0 spiro atoms. The van der Waals surface area contributed by atoms with E-state index in [9.17, 15) is 13.6 Å². The summed E-state index contributed by atoms with van der Waals surface area (Å²) in [5.41, 5.74) is 0.116. The SMILES string of the molecule is C[C@@H]1CNCCN1C(=O)Cc1cc(F)ccc1F.Cl. The average molecular weight is 291 g/mol. The Morgan fingerprint density at radius 1 is 1.47 bits per heavy atom. The lowest BCUT2D eigenvalue weighted by Gasteiger charge is -2.34. The summed E-state index contributed by atoms with van der Waals surface area (Å²) in [6.07, 6.45) is -0.0894. The van der Waals surface area contributed by atoms with Gasteiger partial charge in [0.25, 0.3) is 0 Å². The molecule has 0 unspecified atom stereocenters. The Bertz CT molecular complexity index is 456. The molecule has 1 aliphatic heterocycles. The van der Waals surface area contributed by atoms with Crippen molar-refractivity contribution in [1.82, 2.24) is 10.2 Å². The molecule has 19 heavy (non-hydrogen) atoms. The van der Waals surface area contributed by atoms with Crippen LogP contribution in [0, 0.1) is 11.6 Å². The number of carbonyl (C=O) groups excluding carboxylic acids is 1. The molecular formula is C13H17ClF2N2O. The smallest absolute Gasteiger partial charge is 0.227 e. The Labute approximate surface area is 117 Å². The topological polar surface area (TPSA) is 32.3 Å². The van der Waals surface area contributed by atoms with E-state index in [1.807, 2.05) is 6.92 Å². The first-order valence-electron chi connectivity index (χ1n) is 6.02. The number of hydrogen-bond acceptors (Lipinski definition) is 2. The molecule has 1 amide bonds. The molecule has 0 aromatic heterocycles. The molecule has 3 nitrogen and oxygen atoms in total. The van der Waals surface area contributed by atoms with Crippen LogP contribution in [0.2, 0.25) is 0 Å². The zero-order valence-electron chi connectivity index (χ0n) is 10.7. The molecule has 1 aromatic rings. The molecule has 1 atom stereocenters. The van der Waals surface area contributed by atoms with Gasteiger partial charge in [0.05, 0.1) is 6.42 Å². The van der Waals surface area contributed by atoms with Crippen LogP contribution < -0.4 is 5.32 Å². The molecule has 2 rings (SSSR count). The Balaban J connectivity index is 0.00000180. The van der Waals surface area contributed by atoms with Gasteiger partial charge < -0.3 is 10.2 Å². The van der Waals surface area contributed by atoms with Gasteiger partial charge in [0.15, 0.2) is 0 Å². The molecule has 1 N–H and O–H groups in total. The Hall–Kier alpha value is -1.20. The van der Waals surface area contributed by atoms with Crippen molar-refractivity contribution in [3.63, 3.8) is 0 Å². The molecule has 6 heteroatoms. The van der Waals surface area contributed by atoms with Crippen molar-refractivity contribution in [3.05, 3.63) is 35.4 Å². The lowest BCUT2D eigenvalue weighted by molar-refractivity contribution is -0.133. The average Bonchev–Trinajstić information content (AvgIpc) is 2.34. The summed E-state index contributed by atoms with van der Waals surface area (Å²) in [7, 11) is 0. The summed E-state index contributed by atoms with van der Waals surface area (Å²) in [5, 5.41) is 3.18. The van der Waals surface area contributed by atoms with Crippen molar-refractivity contribution in [1.29, 1.82) is 0 Å². The third kappa shape index (κ3) is 3.88. The molecule has 0 radical (unpaired) electrons. The monoisotopic (exact) mass is 290 g/mol. The minimum absolute atomic E-state index is 0. The molecule has 1 fully saturated rings. The van der Waals surface area contributed by atoms with Gasteiger partial charge in [-0.1, -0.05) is 0 Å². The fourth-order valence-electron chi connectivity index (χ4n) is 2.15. The zero-order chi connectivity index (χ0) is 13.1. The maximum Gasteiger partial charge on any atom is 0.227 e. The van der Waals surface area contributed by atoms with Crippen LogP contribution in [0.25, 0.3) is 0 Å². The zero-order valence-corrected chi connectivity index (χ0v) is 11.5. The van der Waals surface area contributed by atoms with E-state index >= 15 is 0 Å². The highest BCUT2D eigenvalue weighted by molar-refractivity contribution is 5.85. The number of rotatable bonds is 2. The molecule has 1 aromatic carbocycles. The van der Waals surface area contributed by atoms with Gasteiger partial charge in [0.1, 0.15) is 11.6 Å². The Morgan fingerprint density at radius 3 is 2.89 bits per heavy atom. The molecule has 0 bridgehead atoms. The van der Waals surface area contributed by atoms with Gasteiger partial charge in [0.2, 0.25) is 5.91 Å². The summed E-state index contributed by atoms with van der Waals surface area (Å²) in [4.78, 5) is 13.8. The molecule has 1 aliphatic rings. The van der Waals surface area contributed by atoms with Crippen molar-refractivity contribution in [2.75, 3.05) is 19.6 Å². The minimum atomic E-state index is -0.535. The van der Waals surface area contributed by atoms with E-state index in [-0.39, 0.29) is 36.3 Å². The Kier molecular flexibility index (Phi) is 5.69. The summed E-state index contributed by atoms with van der Waals surface area (Å²) in [6.45, 7) is 4.02. The molecule has 106 valence electrons. The van der Waals surface area contributed by atoms with E-state index in [0.717, 1.165) is 31.3 Å². The van der Waals surface area contributed by atoms with Gasteiger partial charge in [-0.25, -0.2) is 8.78 Å². The molecule has 1 saturated heterocycles. The highest BCUT2D eigenvalue weighted by Gasteiger charge is 2.23. The van der Waals surface area contributed by atoms with Crippen molar-refractivity contribution in [2.24, 2.45) is 0 Å². The van der Waals surface area contributed by atoms with Crippen LogP contribution in [-0.2, 0) is 11.2 Å². The Morgan fingerprint density at radius 2 is 2.21 bits per heavy atom. The van der Waals surface area contributed by atoms with Crippen LogP contribution in [-0.4, -0.2) is 36.5 Å². The number of carbonyl (C=O) groups is 1. The van der Waals surface area contributed by atoms with Crippen LogP contribution in [0.3, 0.4) is 0 Å². The largest absolute Gasteiger partial charge is 0.337 e. The van der Waals surface area contributed by atoms with Gasteiger partial charge in [-0.15, -0.1) is 12.4 Å². The number of nitrogens with one attached hydrogen (secondary N) is 1. The fraction of sp³-hybridized carbons (Fsp3) is 0.462. The van der Waals surface area contributed by atoms with Gasteiger partial charge >= 0.3 is 0 Å². The van der Waals surface area contributed by atoms with E-state index < -0.39 is 11.6 Å². The molecular weight excluding hydrogens is 274 g/mol. The van der Waals surface area contributed by atoms with Crippen molar-refractivity contribution in [2.45, 2.75) is 19.4 Å². The first-order chi connectivity index (χ1) is 8.58. The number of nitrogens with zero attached hydrogens (tertiary/aromatic N) is 1. The quantitative estimate of drug-likeness (QED) is 0.900. The first kappa shape index (κ1) is 15.9. The van der Waals surface area contributed by atoms with Gasteiger partial charge in [0, 0.05) is 31.2 Å². The number of halogens is 3. The third-order valence-electron chi connectivity index (χ3n) is 3.17. The molecule has 1 heterocycles. The first-order valence-corrected chi connectivity index (χ1v) is 6.02. The molecule has 0 saturated carbocycles. The second-order valence-corrected chi connectivity index (χ2v) is 4.55. The maximum absolute atomic E-state index is 13.4. The minimum Gasteiger partial charge on any atom is -0.337 e. The summed E-state index contributed by atoms with van der Waals surface area (Å²) >= 11 is 0. The maximum atomic E-state index is 13.4. The van der Waals surface area contributed by atoms with Gasteiger partial charge in [-0.2, -0.15) is 0 Å². The second kappa shape index (κ2) is 6.82. The lowest BCUT2D eigenvalue weighted by Crippen LogP contribution is -2.52. The van der Waals surface area contributed by atoms with Gasteiger partial charge in [-0.3, -0.25) is 4.79 Å². The van der Waals surface area contributed by atoms with Crippen molar-refractivity contribution < 1.29 is 13.6 Å². The second-order valence-electron chi connectivity index (χ2n) is 4.55. The van der Waals surface area contributed by atoms with E-state index in [1.165, 1.54) is 0 Å². The number of benzene rings is 1. The summed E-state index contributed by atoms with van der Waals surface area (Å²) < 4.78 is 26.5. The van der Waals surface area contributed by atoms with E-state index in [2.05, 4.69) is 5.32 Å². The number of amides is 1. The van der Waals surface area contributed by atoms with Crippen molar-refractivity contribution in [3.8, 4) is 0 Å².